The monoisotopic (exact) mass is 518 g/mol. The summed E-state index contributed by atoms with van der Waals surface area (Å²) < 4.78 is 10.1. The number of aliphatic hydroxyl groups is 1. The van der Waals surface area contributed by atoms with E-state index in [2.05, 4.69) is 31.4 Å². The van der Waals surface area contributed by atoms with E-state index in [1.807, 2.05) is 34.6 Å². The first-order valence-corrected chi connectivity index (χ1v) is 13.2. The van der Waals surface area contributed by atoms with Crippen LogP contribution < -0.4 is 5.73 Å². The smallest absolute Gasteiger partial charge is 0.253 e. The molecule has 0 saturated carbocycles. The van der Waals surface area contributed by atoms with Crippen LogP contribution in [0.3, 0.4) is 0 Å². The van der Waals surface area contributed by atoms with Crippen molar-refractivity contribution < 1.29 is 14.6 Å². The number of benzene rings is 1. The number of likely N-dealkylation sites (tertiary alicyclic amines) is 1. The zero-order chi connectivity index (χ0) is 26.7. The van der Waals surface area contributed by atoms with Crippen molar-refractivity contribution in [2.24, 2.45) is 5.41 Å². The number of aryl methyl sites for hydroxylation is 2. The van der Waals surface area contributed by atoms with Gasteiger partial charge >= 0.3 is 0 Å². The van der Waals surface area contributed by atoms with Crippen molar-refractivity contribution in [3.63, 3.8) is 0 Å². The number of nitrogens with zero attached hydrogens (tertiary/aromatic N) is 7. The summed E-state index contributed by atoms with van der Waals surface area (Å²) in [7, 11) is 0. The van der Waals surface area contributed by atoms with Crippen LogP contribution in [-0.4, -0.2) is 76.9 Å². The van der Waals surface area contributed by atoms with Crippen LogP contribution >= 0.6 is 0 Å². The number of ether oxygens (including phenoxy) is 1. The zero-order valence-electron chi connectivity index (χ0n) is 22.1. The van der Waals surface area contributed by atoms with E-state index >= 15 is 0 Å². The third-order valence-corrected chi connectivity index (χ3v) is 8.48. The van der Waals surface area contributed by atoms with E-state index in [0.29, 0.717) is 48.7 Å². The first kappa shape index (κ1) is 24.7. The molecule has 0 aliphatic carbocycles. The third-order valence-electron chi connectivity index (χ3n) is 8.48. The number of nitrogen functional groups attached to an aromatic ring is 1. The van der Waals surface area contributed by atoms with E-state index in [1.54, 1.807) is 13.3 Å². The van der Waals surface area contributed by atoms with Crippen LogP contribution in [0.1, 0.15) is 55.3 Å². The largest absolute Gasteiger partial charge is 0.386 e. The summed E-state index contributed by atoms with van der Waals surface area (Å²) in [5.41, 5.74) is 8.39. The van der Waals surface area contributed by atoms with Gasteiger partial charge in [-0.2, -0.15) is 0 Å². The lowest BCUT2D eigenvalue weighted by Gasteiger charge is -2.43. The molecule has 2 fully saturated rings. The number of rotatable bonds is 3. The van der Waals surface area contributed by atoms with Crippen LogP contribution in [0.25, 0.3) is 22.2 Å². The molecule has 38 heavy (non-hydrogen) atoms. The maximum atomic E-state index is 13.5. The zero-order valence-corrected chi connectivity index (χ0v) is 22.1. The highest BCUT2D eigenvalue weighted by atomic mass is 16.5. The second-order valence-electron chi connectivity index (χ2n) is 11.1. The summed E-state index contributed by atoms with van der Waals surface area (Å²) >= 11 is 0. The highest BCUT2D eigenvalue weighted by molar-refractivity contribution is 5.97. The molecule has 2 aliphatic rings. The van der Waals surface area contributed by atoms with Crippen molar-refractivity contribution >= 4 is 33.9 Å². The number of amides is 1. The number of carbonyl (C=O) groups excluding carboxylic acids is 1. The lowest BCUT2D eigenvalue weighted by atomic mass is 9.72. The quantitative estimate of drug-likeness (QED) is 0.422. The average molecular weight is 519 g/mol. The van der Waals surface area contributed by atoms with E-state index in [-0.39, 0.29) is 24.0 Å². The van der Waals surface area contributed by atoms with E-state index in [0.717, 1.165) is 36.2 Å². The summed E-state index contributed by atoms with van der Waals surface area (Å²) in [6, 6.07) is 5.49. The maximum Gasteiger partial charge on any atom is 0.253 e. The van der Waals surface area contributed by atoms with Crippen LogP contribution in [0.2, 0.25) is 0 Å². The molecule has 3 N–H and O–H groups in total. The van der Waals surface area contributed by atoms with Gasteiger partial charge in [0.05, 0.1) is 36.6 Å². The molecule has 2 aliphatic heterocycles. The highest BCUT2D eigenvalue weighted by Gasteiger charge is 2.47. The van der Waals surface area contributed by atoms with Gasteiger partial charge in [-0.15, -0.1) is 0 Å². The van der Waals surface area contributed by atoms with Crippen molar-refractivity contribution in [2.75, 3.05) is 32.0 Å². The van der Waals surface area contributed by atoms with E-state index in [9.17, 15) is 9.90 Å². The third kappa shape index (κ3) is 4.01. The minimum atomic E-state index is -1.13. The molecule has 0 unspecified atom stereocenters. The fourth-order valence-electron chi connectivity index (χ4n) is 6.25. The fraction of sp³-hybridized carbons (Fsp3) is 0.519. The van der Waals surface area contributed by atoms with Gasteiger partial charge in [0.1, 0.15) is 23.3 Å². The highest BCUT2D eigenvalue weighted by Crippen LogP contribution is 2.46. The Morgan fingerprint density at radius 3 is 2.76 bits per heavy atom. The van der Waals surface area contributed by atoms with E-state index < -0.39 is 5.60 Å². The Balaban J connectivity index is 1.23. The van der Waals surface area contributed by atoms with Gasteiger partial charge in [-0.25, -0.2) is 19.9 Å². The molecule has 0 radical (unpaired) electrons. The molecule has 4 aromatic rings. The van der Waals surface area contributed by atoms with Gasteiger partial charge in [-0.05, 0) is 63.6 Å². The van der Waals surface area contributed by atoms with Crippen molar-refractivity contribution in [1.29, 1.82) is 0 Å². The number of imidazole rings is 2. The summed E-state index contributed by atoms with van der Waals surface area (Å²) in [6.45, 7) is 8.70. The molecule has 2 saturated heterocycles. The second kappa shape index (κ2) is 9.02. The lowest BCUT2D eigenvalue weighted by Crippen LogP contribution is -2.46. The van der Waals surface area contributed by atoms with Crippen LogP contribution in [0.4, 0.5) is 5.82 Å². The first-order chi connectivity index (χ1) is 18.2. The average Bonchev–Trinajstić information content (AvgIpc) is 3.44. The van der Waals surface area contributed by atoms with Gasteiger partial charge in [0, 0.05) is 25.2 Å². The Bertz CT molecular complexity index is 1520. The maximum absolute atomic E-state index is 13.5. The number of hydrogen-bond acceptors (Lipinski definition) is 8. The molecule has 2 atom stereocenters. The Morgan fingerprint density at radius 2 is 2.00 bits per heavy atom. The van der Waals surface area contributed by atoms with Gasteiger partial charge in [0.2, 0.25) is 0 Å². The van der Waals surface area contributed by atoms with Crippen LogP contribution in [-0.2, 0) is 11.3 Å². The first-order valence-electron chi connectivity index (χ1n) is 13.2. The fourth-order valence-corrected chi connectivity index (χ4v) is 6.25. The molecule has 5 heterocycles. The summed E-state index contributed by atoms with van der Waals surface area (Å²) in [4.78, 5) is 32.9. The van der Waals surface area contributed by atoms with Gasteiger partial charge < -0.3 is 29.6 Å². The summed E-state index contributed by atoms with van der Waals surface area (Å²) in [5.74, 6) is 1.29. The standard InChI is InChI=1S/C27H34N8O3/c1-4-34-17(2)32-19-11-18(5-6-20(19)34)25(36)33-9-7-27(8-10-33)12-21(26(3,37)13-38-14-27)35-16-31-22-23(28)29-15-30-24(22)35/h5-6,11,15-16,21,37H,4,7-10,12-14H2,1-3H3,(H2,28,29,30)/t21-,26-/m1/s1. The Morgan fingerprint density at radius 1 is 1.21 bits per heavy atom. The molecule has 1 aromatic carbocycles. The molecule has 1 amide bonds. The Kier molecular flexibility index (Phi) is 5.88. The molecular weight excluding hydrogens is 484 g/mol. The van der Waals surface area contributed by atoms with Gasteiger partial charge in [0.15, 0.2) is 11.5 Å². The molecule has 11 heteroatoms. The van der Waals surface area contributed by atoms with Crippen LogP contribution in [0.15, 0.2) is 30.9 Å². The van der Waals surface area contributed by atoms with Crippen molar-refractivity contribution in [3.05, 3.63) is 42.2 Å². The number of carbonyl (C=O) groups is 1. The van der Waals surface area contributed by atoms with E-state index in [4.69, 9.17) is 10.5 Å². The minimum absolute atomic E-state index is 0.0244. The summed E-state index contributed by atoms with van der Waals surface area (Å²) in [5, 5.41) is 11.4. The van der Waals surface area contributed by atoms with Crippen molar-refractivity contribution in [2.45, 2.75) is 58.2 Å². The Labute approximate surface area is 220 Å². The molecule has 200 valence electrons. The van der Waals surface area contributed by atoms with Gasteiger partial charge in [-0.1, -0.05) is 0 Å². The van der Waals surface area contributed by atoms with Gasteiger partial charge in [0.25, 0.3) is 5.91 Å². The number of aromatic nitrogens is 6. The normalized spacial score (nSPS) is 23.8. The molecule has 3 aromatic heterocycles. The van der Waals surface area contributed by atoms with Gasteiger partial charge in [-0.3, -0.25) is 4.79 Å². The molecular formula is C27H34N8O3. The molecule has 0 bridgehead atoms. The number of piperidine rings is 1. The lowest BCUT2D eigenvalue weighted by molar-refractivity contribution is -0.0528. The predicted molar refractivity (Wildman–Crippen MR) is 143 cm³/mol. The number of nitrogens with two attached hydrogens (primary N) is 1. The van der Waals surface area contributed by atoms with E-state index in [1.165, 1.54) is 6.33 Å². The molecule has 11 nitrogen and oxygen atoms in total. The topological polar surface area (TPSA) is 137 Å². The van der Waals surface area contributed by atoms with Crippen LogP contribution in [0, 0.1) is 12.3 Å². The second-order valence-corrected chi connectivity index (χ2v) is 11.1. The van der Waals surface area contributed by atoms with Crippen LogP contribution in [0.5, 0.6) is 0 Å². The number of hydrogen-bond donors (Lipinski definition) is 2. The SMILES string of the molecule is CCn1c(C)nc2cc(C(=O)N3CCC4(CC3)COC[C@@](C)(O)[C@H](n3cnc5c(N)ncnc53)C4)ccc21. The molecule has 6 rings (SSSR count). The molecule has 1 spiro atoms. The predicted octanol–water partition coefficient (Wildman–Crippen LogP) is 2.72. The van der Waals surface area contributed by atoms with Crippen molar-refractivity contribution in [3.8, 4) is 0 Å². The summed E-state index contributed by atoms with van der Waals surface area (Å²) in [6.07, 6.45) is 5.34. The minimum Gasteiger partial charge on any atom is -0.386 e. The van der Waals surface area contributed by atoms with Crippen molar-refractivity contribution in [1.82, 2.24) is 34.0 Å². The Hall–Kier alpha value is -3.57. The number of fused-ring (bicyclic) bond motifs is 2. The number of anilines is 1.